The number of para-hydroxylation sites is 1. The van der Waals surface area contributed by atoms with Gasteiger partial charge in [0.05, 0.1) is 6.61 Å². The number of carbonyl (C=O) groups is 2. The van der Waals surface area contributed by atoms with Gasteiger partial charge in [-0.15, -0.1) is 0 Å². The van der Waals surface area contributed by atoms with Crippen molar-refractivity contribution in [1.29, 1.82) is 0 Å². The predicted molar refractivity (Wildman–Crippen MR) is 103 cm³/mol. The van der Waals surface area contributed by atoms with Gasteiger partial charge in [-0.1, -0.05) is 44.9 Å². The molecule has 1 aromatic carbocycles. The fourth-order valence-corrected chi connectivity index (χ4v) is 4.02. The number of carbonyl (C=O) groups excluding carboxylic acids is 1. The lowest BCUT2D eigenvalue weighted by molar-refractivity contribution is -0.146. The summed E-state index contributed by atoms with van der Waals surface area (Å²) in [6.07, 6.45) is 1.78. The molecule has 8 nitrogen and oxygen atoms in total. The molecule has 1 rings (SSSR count). The lowest BCUT2D eigenvalue weighted by Gasteiger charge is -2.25. The first-order valence-corrected chi connectivity index (χ1v) is 10.6. The van der Waals surface area contributed by atoms with E-state index in [9.17, 15) is 14.2 Å². The predicted octanol–water partition coefficient (Wildman–Crippen LogP) is 3.19. The molecule has 27 heavy (non-hydrogen) atoms. The SMILES string of the molecule is CCC(CC)COC(=O)[C@H](C)NP(=O)(N[C@@H](C)C(=O)O)Oc1ccccc1. The Bertz CT molecular complexity index is 651. The molecule has 1 aromatic rings. The number of hydrogen-bond acceptors (Lipinski definition) is 5. The van der Waals surface area contributed by atoms with Crippen molar-refractivity contribution in [2.45, 2.75) is 52.6 Å². The summed E-state index contributed by atoms with van der Waals surface area (Å²) in [5.74, 6) is -1.24. The van der Waals surface area contributed by atoms with Crippen molar-refractivity contribution in [3.05, 3.63) is 30.3 Å². The van der Waals surface area contributed by atoms with Crippen LogP contribution in [-0.4, -0.2) is 35.7 Å². The Morgan fingerprint density at radius 3 is 2.15 bits per heavy atom. The summed E-state index contributed by atoms with van der Waals surface area (Å²) in [5, 5.41) is 14.1. The van der Waals surface area contributed by atoms with Crippen LogP contribution >= 0.6 is 7.67 Å². The summed E-state index contributed by atoms with van der Waals surface area (Å²) in [4.78, 5) is 23.4. The Kier molecular flexibility index (Phi) is 9.49. The molecule has 0 bridgehead atoms. The van der Waals surface area contributed by atoms with Crippen molar-refractivity contribution in [1.82, 2.24) is 10.2 Å². The van der Waals surface area contributed by atoms with Crippen molar-refractivity contribution in [2.75, 3.05) is 6.61 Å². The smallest absolute Gasteiger partial charge is 0.391 e. The molecule has 0 amide bonds. The van der Waals surface area contributed by atoms with Crippen LogP contribution in [-0.2, 0) is 18.9 Å². The molecule has 0 heterocycles. The number of rotatable bonds is 12. The summed E-state index contributed by atoms with van der Waals surface area (Å²) in [5.41, 5.74) is 0. The van der Waals surface area contributed by atoms with Crippen LogP contribution in [0.1, 0.15) is 40.5 Å². The van der Waals surface area contributed by atoms with Crippen LogP contribution in [0.2, 0.25) is 0 Å². The van der Waals surface area contributed by atoms with Crippen LogP contribution in [0.5, 0.6) is 5.75 Å². The molecule has 152 valence electrons. The molecule has 9 heteroatoms. The molecule has 3 N–H and O–H groups in total. The molecule has 0 aliphatic rings. The fourth-order valence-electron chi connectivity index (χ4n) is 2.19. The molecule has 0 spiro atoms. The Morgan fingerprint density at radius 1 is 1.07 bits per heavy atom. The molecular weight excluding hydrogens is 371 g/mol. The first-order chi connectivity index (χ1) is 12.7. The van der Waals surface area contributed by atoms with Gasteiger partial charge in [-0.3, -0.25) is 9.59 Å². The largest absolute Gasteiger partial charge is 0.480 e. The summed E-state index contributed by atoms with van der Waals surface area (Å²) in [6, 6.07) is 6.19. The minimum Gasteiger partial charge on any atom is -0.480 e. The van der Waals surface area contributed by atoms with E-state index < -0.39 is 31.7 Å². The average molecular weight is 400 g/mol. The van der Waals surface area contributed by atoms with Gasteiger partial charge in [0.25, 0.3) is 0 Å². The van der Waals surface area contributed by atoms with E-state index in [0.29, 0.717) is 0 Å². The number of carboxylic acid groups (broad SMARTS) is 1. The maximum absolute atomic E-state index is 13.1. The number of esters is 1. The van der Waals surface area contributed by atoms with Crippen molar-refractivity contribution in [2.24, 2.45) is 5.92 Å². The van der Waals surface area contributed by atoms with Crippen molar-refractivity contribution in [3.8, 4) is 5.75 Å². The molecule has 0 aromatic heterocycles. The fraction of sp³-hybridized carbons (Fsp3) is 0.556. The van der Waals surface area contributed by atoms with E-state index >= 15 is 0 Å². The second-order valence-electron chi connectivity index (χ2n) is 6.31. The minimum absolute atomic E-state index is 0.263. The van der Waals surface area contributed by atoms with Crippen molar-refractivity contribution < 1.29 is 28.5 Å². The third-order valence-corrected chi connectivity index (χ3v) is 5.97. The van der Waals surface area contributed by atoms with Crippen LogP contribution < -0.4 is 14.7 Å². The van der Waals surface area contributed by atoms with Crippen LogP contribution in [0.4, 0.5) is 0 Å². The lowest BCUT2D eigenvalue weighted by atomic mass is 10.1. The number of nitrogens with one attached hydrogen (secondary N) is 2. The molecule has 3 atom stereocenters. The van der Waals surface area contributed by atoms with Gasteiger partial charge in [0.1, 0.15) is 17.8 Å². The van der Waals surface area contributed by atoms with Gasteiger partial charge >= 0.3 is 19.6 Å². The van der Waals surface area contributed by atoms with Crippen molar-refractivity contribution in [3.63, 3.8) is 0 Å². The van der Waals surface area contributed by atoms with Gasteiger partial charge in [-0.05, 0) is 31.9 Å². The van der Waals surface area contributed by atoms with E-state index in [-0.39, 0.29) is 18.3 Å². The van der Waals surface area contributed by atoms with Gasteiger partial charge in [-0.25, -0.2) is 14.7 Å². The Morgan fingerprint density at radius 2 is 1.63 bits per heavy atom. The highest BCUT2D eigenvalue weighted by Gasteiger charge is 2.33. The molecule has 0 saturated heterocycles. The molecule has 1 unspecified atom stereocenters. The van der Waals surface area contributed by atoms with E-state index in [0.717, 1.165) is 12.8 Å². The average Bonchev–Trinajstić information content (AvgIpc) is 2.62. The number of benzene rings is 1. The number of hydrogen-bond donors (Lipinski definition) is 3. The number of ether oxygens (including phenoxy) is 1. The molecular formula is C18H29N2O6P. The molecule has 0 fully saturated rings. The number of aliphatic carboxylic acids is 1. The van der Waals surface area contributed by atoms with E-state index in [4.69, 9.17) is 14.4 Å². The first kappa shape index (κ1) is 23.1. The molecule has 0 aliphatic heterocycles. The second kappa shape index (κ2) is 11.1. The first-order valence-electron chi connectivity index (χ1n) is 9.00. The Balaban J connectivity index is 2.84. The third-order valence-electron chi connectivity index (χ3n) is 4.04. The normalized spacial score (nSPS) is 15.6. The van der Waals surface area contributed by atoms with Crippen molar-refractivity contribution >= 4 is 19.6 Å². The second-order valence-corrected chi connectivity index (χ2v) is 8.11. The van der Waals surface area contributed by atoms with E-state index in [1.54, 1.807) is 30.3 Å². The van der Waals surface area contributed by atoms with Gasteiger partial charge < -0.3 is 14.4 Å². The number of carboxylic acids is 1. The zero-order chi connectivity index (χ0) is 20.4. The van der Waals surface area contributed by atoms with Gasteiger partial charge in [-0.2, -0.15) is 0 Å². The monoisotopic (exact) mass is 400 g/mol. The topological polar surface area (TPSA) is 114 Å². The van der Waals surface area contributed by atoms with E-state index in [2.05, 4.69) is 10.2 Å². The van der Waals surface area contributed by atoms with Gasteiger partial charge in [0, 0.05) is 0 Å². The van der Waals surface area contributed by atoms with E-state index in [1.807, 2.05) is 13.8 Å². The van der Waals surface area contributed by atoms with Crippen LogP contribution in [0.25, 0.3) is 0 Å². The maximum atomic E-state index is 13.1. The molecule has 0 saturated carbocycles. The van der Waals surface area contributed by atoms with Crippen LogP contribution in [0.15, 0.2) is 30.3 Å². The third kappa shape index (κ3) is 8.12. The maximum Gasteiger partial charge on any atom is 0.391 e. The Labute approximate surface area is 160 Å². The zero-order valence-electron chi connectivity index (χ0n) is 16.2. The molecule has 0 radical (unpaired) electrons. The summed E-state index contributed by atoms with van der Waals surface area (Å²) >= 11 is 0. The highest BCUT2D eigenvalue weighted by Crippen LogP contribution is 2.40. The summed E-state index contributed by atoms with van der Waals surface area (Å²) in [7, 11) is -3.90. The highest BCUT2D eigenvalue weighted by molar-refractivity contribution is 7.55. The quantitative estimate of drug-likeness (QED) is 0.362. The highest BCUT2D eigenvalue weighted by atomic mass is 31.2. The Hall–Kier alpha value is -1.89. The van der Waals surface area contributed by atoms with Crippen LogP contribution in [0, 0.1) is 5.92 Å². The van der Waals surface area contributed by atoms with Crippen LogP contribution in [0.3, 0.4) is 0 Å². The molecule has 0 aliphatic carbocycles. The lowest BCUT2D eigenvalue weighted by Crippen LogP contribution is -2.42. The standard InChI is InChI=1S/C18H29N2O6P/c1-5-15(6-2)12-25-18(23)14(4)20-27(24,19-13(3)17(21)22)26-16-10-8-7-9-11-16/h7-11,13-15H,5-6,12H2,1-4H3,(H,21,22)(H2,19,20,24)/t13-,14-,27?/m0/s1. The summed E-state index contributed by atoms with van der Waals surface area (Å²) < 4.78 is 23.9. The van der Waals surface area contributed by atoms with E-state index in [1.165, 1.54) is 13.8 Å². The van der Waals surface area contributed by atoms with Gasteiger partial charge in [0.2, 0.25) is 0 Å². The zero-order valence-corrected chi connectivity index (χ0v) is 17.1. The summed E-state index contributed by atoms with van der Waals surface area (Å²) in [6.45, 7) is 7.14. The van der Waals surface area contributed by atoms with Gasteiger partial charge in [0.15, 0.2) is 0 Å². The minimum atomic E-state index is -3.90.